The Hall–Kier alpha value is -0.380. The van der Waals surface area contributed by atoms with E-state index in [1.807, 2.05) is 6.92 Å². The van der Waals surface area contributed by atoms with Crippen molar-refractivity contribution in [2.24, 2.45) is 0 Å². The predicted octanol–water partition coefficient (Wildman–Crippen LogP) is 0.949. The van der Waals surface area contributed by atoms with Crippen molar-refractivity contribution in [3.63, 3.8) is 0 Å². The molecule has 0 aromatic carbocycles. The van der Waals surface area contributed by atoms with Gasteiger partial charge in [0.2, 0.25) is 0 Å². The molecule has 0 unspecified atom stereocenters. The van der Waals surface area contributed by atoms with Crippen LogP contribution in [0.3, 0.4) is 0 Å². The largest absolute Gasteiger partial charge is 0.392 e. The molecule has 0 saturated carbocycles. The maximum atomic E-state index is 9.36. The molecule has 0 bridgehead atoms. The molecule has 2 atom stereocenters. The summed E-state index contributed by atoms with van der Waals surface area (Å²) in [6.45, 7) is 15.1. The van der Waals surface area contributed by atoms with Crippen molar-refractivity contribution in [2.75, 3.05) is 32.7 Å². The summed E-state index contributed by atoms with van der Waals surface area (Å²) in [5, 5.41) is 9.36. The van der Waals surface area contributed by atoms with E-state index < -0.39 is 0 Å². The lowest BCUT2D eigenvalue weighted by Gasteiger charge is -2.40. The fourth-order valence-electron chi connectivity index (χ4n) is 2.21. The van der Waals surface area contributed by atoms with E-state index in [1.165, 1.54) is 5.57 Å². The SMILES string of the molecule is C=C(C)CN1CCN(C[C@@H](C)O)[C@@H](C)C1. The Balaban J connectivity index is 2.37. The highest BCUT2D eigenvalue weighted by molar-refractivity contribution is 4.94. The van der Waals surface area contributed by atoms with Crippen molar-refractivity contribution in [3.8, 4) is 0 Å². The highest BCUT2D eigenvalue weighted by Crippen LogP contribution is 2.11. The highest BCUT2D eigenvalue weighted by Gasteiger charge is 2.23. The van der Waals surface area contributed by atoms with Crippen LogP contribution in [-0.4, -0.2) is 59.8 Å². The third-order valence-electron chi connectivity index (χ3n) is 2.84. The number of nitrogens with zero attached hydrogens (tertiary/aromatic N) is 2. The van der Waals surface area contributed by atoms with E-state index in [0.29, 0.717) is 6.04 Å². The molecule has 3 heteroatoms. The van der Waals surface area contributed by atoms with Gasteiger partial charge in [-0.2, -0.15) is 0 Å². The average Bonchev–Trinajstić information content (AvgIpc) is 2.08. The molecule has 1 saturated heterocycles. The molecule has 3 nitrogen and oxygen atoms in total. The van der Waals surface area contributed by atoms with Gasteiger partial charge in [-0.25, -0.2) is 0 Å². The second-order valence-electron chi connectivity index (χ2n) is 4.89. The van der Waals surface area contributed by atoms with Gasteiger partial charge in [-0.1, -0.05) is 12.2 Å². The zero-order valence-electron chi connectivity index (χ0n) is 10.2. The number of hydrogen-bond donors (Lipinski definition) is 1. The molecule has 0 radical (unpaired) electrons. The van der Waals surface area contributed by atoms with Crippen LogP contribution in [0, 0.1) is 0 Å². The van der Waals surface area contributed by atoms with Gasteiger partial charge in [0.15, 0.2) is 0 Å². The summed E-state index contributed by atoms with van der Waals surface area (Å²) in [6, 6.07) is 0.535. The van der Waals surface area contributed by atoms with Crippen molar-refractivity contribution in [1.82, 2.24) is 9.80 Å². The molecule has 0 spiro atoms. The number of hydrogen-bond acceptors (Lipinski definition) is 3. The van der Waals surface area contributed by atoms with Crippen LogP contribution >= 0.6 is 0 Å². The molecule has 0 aromatic heterocycles. The van der Waals surface area contributed by atoms with Crippen LogP contribution in [0.25, 0.3) is 0 Å². The first-order chi connectivity index (χ1) is 6.99. The fourth-order valence-corrected chi connectivity index (χ4v) is 2.21. The van der Waals surface area contributed by atoms with Gasteiger partial charge in [0, 0.05) is 38.8 Å². The van der Waals surface area contributed by atoms with Crippen LogP contribution in [-0.2, 0) is 0 Å². The van der Waals surface area contributed by atoms with Crippen LogP contribution in [0.1, 0.15) is 20.8 Å². The third-order valence-corrected chi connectivity index (χ3v) is 2.84. The third kappa shape index (κ3) is 4.33. The Bertz CT molecular complexity index is 216. The monoisotopic (exact) mass is 212 g/mol. The van der Waals surface area contributed by atoms with Gasteiger partial charge in [-0.05, 0) is 20.8 Å². The lowest BCUT2D eigenvalue weighted by Crippen LogP contribution is -2.53. The first-order valence-electron chi connectivity index (χ1n) is 5.78. The summed E-state index contributed by atoms with van der Waals surface area (Å²) in [5.41, 5.74) is 1.23. The van der Waals surface area contributed by atoms with Crippen LogP contribution in [0.2, 0.25) is 0 Å². The van der Waals surface area contributed by atoms with Gasteiger partial charge >= 0.3 is 0 Å². The molecule has 1 aliphatic rings. The topological polar surface area (TPSA) is 26.7 Å². The molecule has 0 aliphatic carbocycles. The zero-order valence-corrected chi connectivity index (χ0v) is 10.2. The van der Waals surface area contributed by atoms with Crippen LogP contribution in [0.4, 0.5) is 0 Å². The number of aliphatic hydroxyl groups is 1. The Kier molecular flexibility index (Phi) is 4.77. The summed E-state index contributed by atoms with van der Waals surface area (Å²) in [6.07, 6.45) is -0.222. The maximum Gasteiger partial charge on any atom is 0.0639 e. The summed E-state index contributed by atoms with van der Waals surface area (Å²) < 4.78 is 0. The molecule has 0 amide bonds. The molecular weight excluding hydrogens is 188 g/mol. The van der Waals surface area contributed by atoms with Gasteiger partial charge in [0.25, 0.3) is 0 Å². The number of rotatable bonds is 4. The highest BCUT2D eigenvalue weighted by atomic mass is 16.3. The van der Waals surface area contributed by atoms with Crippen LogP contribution in [0.15, 0.2) is 12.2 Å². The van der Waals surface area contributed by atoms with E-state index in [-0.39, 0.29) is 6.10 Å². The average molecular weight is 212 g/mol. The van der Waals surface area contributed by atoms with Crippen molar-refractivity contribution in [2.45, 2.75) is 32.9 Å². The molecule has 1 N–H and O–H groups in total. The van der Waals surface area contributed by atoms with Crippen molar-refractivity contribution in [3.05, 3.63) is 12.2 Å². The molecule has 1 heterocycles. The standard InChI is InChI=1S/C12H24N2O/c1-10(2)7-13-5-6-14(9-12(4)15)11(3)8-13/h11-12,15H,1,5-9H2,2-4H3/t11-,12+/m0/s1. The first-order valence-corrected chi connectivity index (χ1v) is 5.78. The molecule has 0 aromatic rings. The lowest BCUT2D eigenvalue weighted by molar-refractivity contribution is 0.0486. The Morgan fingerprint density at radius 2 is 2.20 bits per heavy atom. The molecule has 1 aliphatic heterocycles. The minimum absolute atomic E-state index is 0.222. The van der Waals surface area contributed by atoms with Gasteiger partial charge in [0.05, 0.1) is 6.10 Å². The summed E-state index contributed by atoms with van der Waals surface area (Å²) in [5.74, 6) is 0. The van der Waals surface area contributed by atoms with Crippen LogP contribution in [0.5, 0.6) is 0 Å². The van der Waals surface area contributed by atoms with Crippen molar-refractivity contribution < 1.29 is 5.11 Å². The quantitative estimate of drug-likeness (QED) is 0.703. The predicted molar refractivity (Wildman–Crippen MR) is 64.0 cm³/mol. The summed E-state index contributed by atoms with van der Waals surface area (Å²) in [4.78, 5) is 4.80. The van der Waals surface area contributed by atoms with Gasteiger partial charge in [-0.15, -0.1) is 0 Å². The van der Waals surface area contributed by atoms with E-state index in [1.54, 1.807) is 0 Å². The van der Waals surface area contributed by atoms with E-state index >= 15 is 0 Å². The molecule has 15 heavy (non-hydrogen) atoms. The summed E-state index contributed by atoms with van der Waals surface area (Å²) >= 11 is 0. The number of aliphatic hydroxyl groups excluding tert-OH is 1. The number of piperazine rings is 1. The molecule has 1 fully saturated rings. The fraction of sp³-hybridized carbons (Fsp3) is 0.833. The molecule has 1 rings (SSSR count). The second-order valence-corrected chi connectivity index (χ2v) is 4.89. The Morgan fingerprint density at radius 1 is 1.53 bits per heavy atom. The van der Waals surface area contributed by atoms with Crippen molar-refractivity contribution in [1.29, 1.82) is 0 Å². The van der Waals surface area contributed by atoms with E-state index in [0.717, 1.165) is 32.7 Å². The molecular formula is C12H24N2O. The van der Waals surface area contributed by atoms with Crippen molar-refractivity contribution >= 4 is 0 Å². The normalized spacial score (nSPS) is 26.5. The summed E-state index contributed by atoms with van der Waals surface area (Å²) in [7, 11) is 0. The Morgan fingerprint density at radius 3 is 2.67 bits per heavy atom. The first kappa shape index (κ1) is 12.7. The van der Waals surface area contributed by atoms with Gasteiger partial charge < -0.3 is 5.11 Å². The van der Waals surface area contributed by atoms with Gasteiger partial charge in [0.1, 0.15) is 0 Å². The van der Waals surface area contributed by atoms with Gasteiger partial charge in [-0.3, -0.25) is 9.80 Å². The Labute approximate surface area is 93.4 Å². The minimum Gasteiger partial charge on any atom is -0.392 e. The lowest BCUT2D eigenvalue weighted by atomic mass is 10.1. The zero-order chi connectivity index (χ0) is 11.4. The van der Waals surface area contributed by atoms with Crippen LogP contribution < -0.4 is 0 Å². The van der Waals surface area contributed by atoms with E-state index in [9.17, 15) is 5.11 Å². The van der Waals surface area contributed by atoms with E-state index in [2.05, 4.69) is 30.2 Å². The smallest absolute Gasteiger partial charge is 0.0639 e. The van der Waals surface area contributed by atoms with E-state index in [4.69, 9.17) is 0 Å². The second kappa shape index (κ2) is 5.64. The maximum absolute atomic E-state index is 9.36. The minimum atomic E-state index is -0.222. The number of β-amino-alcohol motifs (C(OH)–C–C–N with tert-alkyl or cyclic N) is 1. The molecule has 88 valence electrons.